The maximum absolute atomic E-state index is 14.0. The van der Waals surface area contributed by atoms with Crippen LogP contribution in [-0.2, 0) is 4.79 Å². The van der Waals surface area contributed by atoms with Crippen molar-refractivity contribution in [3.63, 3.8) is 0 Å². The molecule has 1 aromatic rings. The lowest BCUT2D eigenvalue weighted by Gasteiger charge is -2.34. The number of benzene rings is 1. The summed E-state index contributed by atoms with van der Waals surface area (Å²) in [6.45, 7) is 7.09. The largest absolute Gasteiger partial charge is 0.326 e. The second-order valence-corrected chi connectivity index (χ2v) is 7.35. The molecule has 1 aliphatic rings. The van der Waals surface area contributed by atoms with Gasteiger partial charge in [0.25, 0.3) is 0 Å². The number of unbranched alkanes of at least 4 members (excludes halogenated alkanes) is 1. The molecule has 0 aliphatic carbocycles. The minimum atomic E-state index is -0.523. The first kappa shape index (κ1) is 21.2. The summed E-state index contributed by atoms with van der Waals surface area (Å²) in [4.78, 5) is 27.7. The zero-order chi connectivity index (χ0) is 19.8. The second kappa shape index (κ2) is 10.3. The van der Waals surface area contributed by atoms with Gasteiger partial charge in [-0.05, 0) is 57.0 Å². The van der Waals surface area contributed by atoms with Gasteiger partial charge in [-0.15, -0.1) is 0 Å². The van der Waals surface area contributed by atoms with Gasteiger partial charge < -0.3 is 20.4 Å². The molecular formula is C20H31FN4O2. The van der Waals surface area contributed by atoms with E-state index in [9.17, 15) is 14.0 Å². The van der Waals surface area contributed by atoms with E-state index in [1.54, 1.807) is 4.90 Å². The molecule has 1 aromatic carbocycles. The summed E-state index contributed by atoms with van der Waals surface area (Å²) in [5, 5.41) is 5.22. The van der Waals surface area contributed by atoms with E-state index in [0.717, 1.165) is 25.9 Å². The molecule has 1 heterocycles. The number of anilines is 2. The number of urea groups is 1. The van der Waals surface area contributed by atoms with Crippen molar-refractivity contribution in [3.05, 3.63) is 24.0 Å². The van der Waals surface area contributed by atoms with Crippen molar-refractivity contribution in [1.29, 1.82) is 0 Å². The Morgan fingerprint density at radius 3 is 2.59 bits per heavy atom. The van der Waals surface area contributed by atoms with Gasteiger partial charge in [0.1, 0.15) is 5.82 Å². The van der Waals surface area contributed by atoms with Crippen LogP contribution in [0.5, 0.6) is 0 Å². The quantitative estimate of drug-likeness (QED) is 0.759. The Hall–Kier alpha value is -2.15. The third kappa shape index (κ3) is 6.82. The number of carbonyl (C=O) groups is 2. The zero-order valence-electron chi connectivity index (χ0n) is 16.6. The average Bonchev–Trinajstić information content (AvgIpc) is 2.63. The Balaban J connectivity index is 1.85. The van der Waals surface area contributed by atoms with Crippen LogP contribution >= 0.6 is 0 Å². The monoisotopic (exact) mass is 378 g/mol. The fourth-order valence-corrected chi connectivity index (χ4v) is 3.38. The molecule has 2 N–H and O–H groups in total. The highest BCUT2D eigenvalue weighted by molar-refractivity contribution is 5.92. The van der Waals surface area contributed by atoms with Crippen LogP contribution in [0.4, 0.5) is 20.6 Å². The predicted octanol–water partition coefficient (Wildman–Crippen LogP) is 3.76. The number of likely N-dealkylation sites (tertiary alicyclic amines) is 1. The summed E-state index contributed by atoms with van der Waals surface area (Å²) in [5.74, 6) is -0.175. The molecule has 0 bridgehead atoms. The van der Waals surface area contributed by atoms with Gasteiger partial charge in [0, 0.05) is 32.2 Å². The molecule has 1 fully saturated rings. The number of nitrogens with zero attached hydrogens (tertiary/aromatic N) is 2. The van der Waals surface area contributed by atoms with Crippen LogP contribution in [0.1, 0.15) is 39.5 Å². The molecule has 150 valence electrons. The van der Waals surface area contributed by atoms with E-state index in [1.807, 2.05) is 0 Å². The number of hydrogen-bond donors (Lipinski definition) is 2. The SMILES string of the molecule is CCCCN(C)CC1CCN(C(=O)Nc2cc(NC(C)=O)ccc2F)CC1. The van der Waals surface area contributed by atoms with Gasteiger partial charge in [-0.2, -0.15) is 0 Å². The second-order valence-electron chi connectivity index (χ2n) is 7.35. The minimum Gasteiger partial charge on any atom is -0.326 e. The lowest BCUT2D eigenvalue weighted by Crippen LogP contribution is -2.43. The summed E-state index contributed by atoms with van der Waals surface area (Å²) in [6, 6.07) is 3.84. The van der Waals surface area contributed by atoms with Crippen molar-refractivity contribution in [2.75, 3.05) is 43.9 Å². The molecule has 0 aromatic heterocycles. The molecule has 7 heteroatoms. The van der Waals surface area contributed by atoms with Gasteiger partial charge in [-0.3, -0.25) is 4.79 Å². The van der Waals surface area contributed by atoms with E-state index >= 15 is 0 Å². The Morgan fingerprint density at radius 2 is 1.96 bits per heavy atom. The molecule has 1 saturated heterocycles. The van der Waals surface area contributed by atoms with Gasteiger partial charge in [0.2, 0.25) is 5.91 Å². The average molecular weight is 378 g/mol. The smallest absolute Gasteiger partial charge is 0.321 e. The first-order valence-electron chi connectivity index (χ1n) is 9.70. The first-order chi connectivity index (χ1) is 12.9. The number of amides is 3. The van der Waals surface area contributed by atoms with Crippen LogP contribution in [-0.4, -0.2) is 55.0 Å². The van der Waals surface area contributed by atoms with Crippen molar-refractivity contribution in [1.82, 2.24) is 9.80 Å². The van der Waals surface area contributed by atoms with Crippen LogP contribution in [0.3, 0.4) is 0 Å². The fourth-order valence-electron chi connectivity index (χ4n) is 3.38. The number of carbonyl (C=O) groups excluding carboxylic acids is 2. The van der Waals surface area contributed by atoms with Crippen LogP contribution < -0.4 is 10.6 Å². The van der Waals surface area contributed by atoms with Crippen LogP contribution in [0, 0.1) is 11.7 Å². The fraction of sp³-hybridized carbons (Fsp3) is 0.600. The summed E-state index contributed by atoms with van der Waals surface area (Å²) >= 11 is 0. The van der Waals surface area contributed by atoms with Crippen LogP contribution in [0.25, 0.3) is 0 Å². The lowest BCUT2D eigenvalue weighted by molar-refractivity contribution is -0.114. The lowest BCUT2D eigenvalue weighted by atomic mass is 9.96. The van der Waals surface area contributed by atoms with Crippen LogP contribution in [0.15, 0.2) is 18.2 Å². The summed E-state index contributed by atoms with van der Waals surface area (Å²) in [5.41, 5.74) is 0.528. The van der Waals surface area contributed by atoms with Crippen molar-refractivity contribution in [3.8, 4) is 0 Å². The molecule has 0 atom stereocenters. The van der Waals surface area contributed by atoms with E-state index < -0.39 is 5.82 Å². The van der Waals surface area contributed by atoms with E-state index in [2.05, 4.69) is 29.5 Å². The number of nitrogens with one attached hydrogen (secondary N) is 2. The van der Waals surface area contributed by atoms with Crippen LogP contribution in [0.2, 0.25) is 0 Å². The van der Waals surface area contributed by atoms with Crippen molar-refractivity contribution in [2.45, 2.75) is 39.5 Å². The van der Waals surface area contributed by atoms with E-state index in [0.29, 0.717) is 24.7 Å². The number of hydrogen-bond acceptors (Lipinski definition) is 3. The molecule has 27 heavy (non-hydrogen) atoms. The summed E-state index contributed by atoms with van der Waals surface area (Å²) in [7, 11) is 2.15. The highest BCUT2D eigenvalue weighted by Gasteiger charge is 2.24. The molecule has 0 spiro atoms. The predicted molar refractivity (Wildman–Crippen MR) is 106 cm³/mol. The number of halogens is 1. The third-order valence-electron chi connectivity index (χ3n) is 4.89. The van der Waals surface area contributed by atoms with Gasteiger partial charge in [0.15, 0.2) is 0 Å². The molecule has 0 radical (unpaired) electrons. The Kier molecular flexibility index (Phi) is 8.03. The molecule has 1 aliphatic heterocycles. The van der Waals surface area contributed by atoms with E-state index in [-0.39, 0.29) is 17.6 Å². The highest BCUT2D eigenvalue weighted by atomic mass is 19.1. The maximum atomic E-state index is 14.0. The molecule has 3 amide bonds. The standard InChI is InChI=1S/C20H31FN4O2/c1-4-5-10-24(3)14-16-8-11-25(12-9-16)20(27)23-19-13-17(22-15(2)26)6-7-18(19)21/h6-7,13,16H,4-5,8-12,14H2,1-3H3,(H,22,26)(H,23,27). The number of piperidine rings is 1. The molecule has 0 unspecified atom stereocenters. The van der Waals surface area contributed by atoms with Gasteiger partial charge in [-0.25, -0.2) is 9.18 Å². The summed E-state index contributed by atoms with van der Waals surface area (Å²) in [6.07, 6.45) is 4.32. The van der Waals surface area contributed by atoms with Crippen molar-refractivity contribution < 1.29 is 14.0 Å². The van der Waals surface area contributed by atoms with Gasteiger partial charge in [0.05, 0.1) is 5.69 Å². The Bertz CT molecular complexity index is 645. The highest BCUT2D eigenvalue weighted by Crippen LogP contribution is 2.22. The summed E-state index contributed by atoms with van der Waals surface area (Å²) < 4.78 is 14.0. The topological polar surface area (TPSA) is 64.7 Å². The Labute approximate surface area is 161 Å². The zero-order valence-corrected chi connectivity index (χ0v) is 16.6. The Morgan fingerprint density at radius 1 is 1.26 bits per heavy atom. The van der Waals surface area contributed by atoms with Gasteiger partial charge >= 0.3 is 6.03 Å². The first-order valence-corrected chi connectivity index (χ1v) is 9.70. The maximum Gasteiger partial charge on any atom is 0.321 e. The van der Waals surface area contributed by atoms with E-state index in [4.69, 9.17) is 0 Å². The van der Waals surface area contributed by atoms with Crippen molar-refractivity contribution >= 4 is 23.3 Å². The third-order valence-corrected chi connectivity index (χ3v) is 4.89. The van der Waals surface area contributed by atoms with E-state index in [1.165, 1.54) is 38.0 Å². The molecule has 0 saturated carbocycles. The minimum absolute atomic E-state index is 0.0765. The molecule has 6 nitrogen and oxygen atoms in total. The number of rotatable bonds is 7. The molecule has 2 rings (SSSR count). The van der Waals surface area contributed by atoms with Crippen molar-refractivity contribution in [2.24, 2.45) is 5.92 Å². The normalized spacial score (nSPS) is 15.1. The van der Waals surface area contributed by atoms with Gasteiger partial charge in [-0.1, -0.05) is 13.3 Å². The molecular weight excluding hydrogens is 347 g/mol.